The van der Waals surface area contributed by atoms with Crippen LogP contribution in [0.2, 0.25) is 10.0 Å². The van der Waals surface area contributed by atoms with Gasteiger partial charge in [0.2, 0.25) is 5.91 Å². The molecule has 4 rings (SSSR count). The lowest BCUT2D eigenvalue weighted by Gasteiger charge is -2.35. The first-order valence-electron chi connectivity index (χ1n) is 10.4. The minimum absolute atomic E-state index is 0.0361. The zero-order chi connectivity index (χ0) is 21.8. The summed E-state index contributed by atoms with van der Waals surface area (Å²) in [6.45, 7) is 3.23. The Morgan fingerprint density at radius 1 is 1.13 bits per heavy atom. The average molecular weight is 466 g/mol. The molecule has 1 atom stereocenters. The average Bonchev–Trinajstić information content (AvgIpc) is 3.47. The van der Waals surface area contributed by atoms with E-state index in [1.54, 1.807) is 24.5 Å². The molecule has 1 aromatic heterocycles. The fourth-order valence-corrected chi connectivity index (χ4v) is 4.39. The molecular formula is C21H25Cl2N5O3. The van der Waals surface area contributed by atoms with Crippen LogP contribution in [0.25, 0.3) is 0 Å². The molecule has 2 aliphatic heterocycles. The number of piperidine rings is 1. The van der Waals surface area contributed by atoms with Crippen molar-refractivity contribution in [2.24, 2.45) is 0 Å². The lowest BCUT2D eigenvalue weighted by Crippen LogP contribution is -2.47. The molecule has 2 amide bonds. The first kappa shape index (κ1) is 21.9. The SMILES string of the molecule is O=C(NCC(=O)N1CCC(N2CCC(On3cccn3)CC2)C1)c1ccc(Cl)c(Cl)c1. The monoisotopic (exact) mass is 465 g/mol. The summed E-state index contributed by atoms with van der Waals surface area (Å²) < 4.78 is 0. The molecule has 31 heavy (non-hydrogen) atoms. The Labute approximate surface area is 191 Å². The van der Waals surface area contributed by atoms with Crippen LogP contribution in [0.15, 0.2) is 36.7 Å². The highest BCUT2D eigenvalue weighted by atomic mass is 35.5. The van der Waals surface area contributed by atoms with Crippen LogP contribution in [-0.2, 0) is 4.79 Å². The van der Waals surface area contributed by atoms with Gasteiger partial charge in [0, 0.05) is 37.8 Å². The summed E-state index contributed by atoms with van der Waals surface area (Å²) in [7, 11) is 0. The maximum Gasteiger partial charge on any atom is 0.251 e. The van der Waals surface area contributed by atoms with Crippen molar-refractivity contribution in [3.63, 3.8) is 0 Å². The number of nitrogens with zero attached hydrogens (tertiary/aromatic N) is 4. The van der Waals surface area contributed by atoms with Gasteiger partial charge in [0.15, 0.2) is 0 Å². The number of hydrogen-bond acceptors (Lipinski definition) is 5. The van der Waals surface area contributed by atoms with Gasteiger partial charge in [-0.15, -0.1) is 9.94 Å². The van der Waals surface area contributed by atoms with E-state index in [2.05, 4.69) is 15.3 Å². The number of carbonyl (C=O) groups is 2. The van der Waals surface area contributed by atoms with Crippen molar-refractivity contribution in [2.45, 2.75) is 31.4 Å². The molecule has 0 radical (unpaired) electrons. The van der Waals surface area contributed by atoms with E-state index >= 15 is 0 Å². The van der Waals surface area contributed by atoms with Crippen LogP contribution < -0.4 is 10.2 Å². The summed E-state index contributed by atoms with van der Waals surface area (Å²) in [6, 6.07) is 6.83. The minimum atomic E-state index is -0.345. The van der Waals surface area contributed by atoms with Crippen molar-refractivity contribution in [2.75, 3.05) is 32.7 Å². The van der Waals surface area contributed by atoms with E-state index in [9.17, 15) is 9.59 Å². The fourth-order valence-electron chi connectivity index (χ4n) is 4.09. The Kier molecular flexibility index (Phi) is 6.99. The number of carbonyl (C=O) groups excluding carboxylic acids is 2. The number of aromatic nitrogens is 2. The fraction of sp³-hybridized carbons (Fsp3) is 0.476. The van der Waals surface area contributed by atoms with Gasteiger partial charge in [0.25, 0.3) is 5.91 Å². The number of rotatable bonds is 6. The number of benzene rings is 1. The van der Waals surface area contributed by atoms with Crippen molar-refractivity contribution in [1.82, 2.24) is 25.1 Å². The van der Waals surface area contributed by atoms with Crippen molar-refractivity contribution >= 4 is 35.0 Å². The molecule has 1 unspecified atom stereocenters. The van der Waals surface area contributed by atoms with Gasteiger partial charge in [0.1, 0.15) is 6.10 Å². The van der Waals surface area contributed by atoms with Gasteiger partial charge >= 0.3 is 0 Å². The highest BCUT2D eigenvalue weighted by Gasteiger charge is 2.33. The molecule has 1 N–H and O–H groups in total. The molecule has 166 valence electrons. The number of halogens is 2. The van der Waals surface area contributed by atoms with Gasteiger partial charge < -0.3 is 15.1 Å². The van der Waals surface area contributed by atoms with Crippen LogP contribution >= 0.6 is 23.2 Å². The minimum Gasteiger partial charge on any atom is -0.393 e. The third kappa shape index (κ3) is 5.50. The van der Waals surface area contributed by atoms with Gasteiger partial charge in [-0.05, 0) is 43.5 Å². The third-order valence-corrected chi connectivity index (χ3v) is 6.57. The van der Waals surface area contributed by atoms with E-state index in [0.717, 1.165) is 32.4 Å². The Morgan fingerprint density at radius 3 is 2.65 bits per heavy atom. The maximum absolute atomic E-state index is 12.6. The van der Waals surface area contributed by atoms with E-state index < -0.39 is 0 Å². The third-order valence-electron chi connectivity index (χ3n) is 5.83. The first-order valence-corrected chi connectivity index (χ1v) is 11.2. The molecular weight excluding hydrogens is 441 g/mol. The van der Waals surface area contributed by atoms with Crippen LogP contribution in [0.5, 0.6) is 0 Å². The quantitative estimate of drug-likeness (QED) is 0.706. The second kappa shape index (κ2) is 9.89. The molecule has 0 saturated carbocycles. The number of hydrogen-bond donors (Lipinski definition) is 1. The Bertz CT molecular complexity index is 916. The maximum atomic E-state index is 12.6. The molecule has 10 heteroatoms. The zero-order valence-electron chi connectivity index (χ0n) is 17.0. The molecule has 2 fully saturated rings. The van der Waals surface area contributed by atoms with Crippen molar-refractivity contribution in [3.05, 3.63) is 52.3 Å². The lowest BCUT2D eigenvalue weighted by atomic mass is 10.1. The topological polar surface area (TPSA) is 79.7 Å². The molecule has 1 aromatic carbocycles. The largest absolute Gasteiger partial charge is 0.393 e. The molecule has 0 bridgehead atoms. The van der Waals surface area contributed by atoms with Crippen molar-refractivity contribution < 1.29 is 14.4 Å². The van der Waals surface area contributed by atoms with E-state index in [1.807, 2.05) is 11.0 Å². The zero-order valence-corrected chi connectivity index (χ0v) is 18.6. The molecule has 3 heterocycles. The van der Waals surface area contributed by atoms with Crippen LogP contribution in [0.1, 0.15) is 29.6 Å². The summed E-state index contributed by atoms with van der Waals surface area (Å²) in [4.78, 5) is 36.5. The number of amides is 2. The second-order valence-electron chi connectivity index (χ2n) is 7.84. The highest BCUT2D eigenvalue weighted by molar-refractivity contribution is 6.42. The summed E-state index contributed by atoms with van der Waals surface area (Å²) in [5.41, 5.74) is 0.377. The van der Waals surface area contributed by atoms with Crippen LogP contribution in [-0.4, -0.2) is 76.4 Å². The van der Waals surface area contributed by atoms with Gasteiger partial charge in [-0.3, -0.25) is 14.5 Å². The Hall–Kier alpha value is -2.29. The van der Waals surface area contributed by atoms with Gasteiger partial charge in [0.05, 0.1) is 29.0 Å². The predicted molar refractivity (Wildman–Crippen MR) is 117 cm³/mol. The van der Waals surface area contributed by atoms with E-state index in [1.165, 1.54) is 10.9 Å². The molecule has 0 aliphatic carbocycles. The standard InChI is InChI=1S/C21H25Cl2N5O3/c22-18-3-2-15(12-19(18)23)21(30)24-13-20(29)27-9-4-16(14-27)26-10-5-17(6-11-26)31-28-8-1-7-25-28/h1-3,7-8,12,16-17H,4-6,9-11,13-14H2,(H,24,30). The first-order chi connectivity index (χ1) is 15.0. The second-order valence-corrected chi connectivity index (χ2v) is 8.66. The summed E-state index contributed by atoms with van der Waals surface area (Å²) in [5, 5.41) is 7.45. The van der Waals surface area contributed by atoms with Crippen LogP contribution in [0.4, 0.5) is 0 Å². The molecule has 8 nitrogen and oxygen atoms in total. The normalized spacial score (nSPS) is 20.1. The molecule has 0 spiro atoms. The lowest BCUT2D eigenvalue weighted by molar-refractivity contribution is -0.129. The van der Waals surface area contributed by atoms with E-state index in [-0.39, 0.29) is 24.5 Å². The molecule has 2 aromatic rings. The smallest absolute Gasteiger partial charge is 0.251 e. The summed E-state index contributed by atoms with van der Waals surface area (Å²) >= 11 is 11.8. The summed E-state index contributed by atoms with van der Waals surface area (Å²) in [5.74, 6) is -0.422. The molecule has 2 aliphatic rings. The van der Waals surface area contributed by atoms with Crippen molar-refractivity contribution in [3.8, 4) is 0 Å². The van der Waals surface area contributed by atoms with Crippen LogP contribution in [0, 0.1) is 0 Å². The van der Waals surface area contributed by atoms with Gasteiger partial charge in [-0.1, -0.05) is 23.2 Å². The highest BCUT2D eigenvalue weighted by Crippen LogP contribution is 2.23. The van der Waals surface area contributed by atoms with Crippen molar-refractivity contribution in [1.29, 1.82) is 0 Å². The van der Waals surface area contributed by atoms with Crippen LogP contribution in [0.3, 0.4) is 0 Å². The van der Waals surface area contributed by atoms with Gasteiger partial charge in [-0.2, -0.15) is 0 Å². The Morgan fingerprint density at radius 2 is 1.94 bits per heavy atom. The van der Waals surface area contributed by atoms with Gasteiger partial charge in [-0.25, -0.2) is 0 Å². The number of nitrogens with one attached hydrogen (secondary N) is 1. The predicted octanol–water partition coefficient (Wildman–Crippen LogP) is 2.11. The summed E-state index contributed by atoms with van der Waals surface area (Å²) in [6.07, 6.45) is 6.47. The number of likely N-dealkylation sites (tertiary alicyclic amines) is 2. The van der Waals surface area contributed by atoms with E-state index in [4.69, 9.17) is 28.0 Å². The molecule has 2 saturated heterocycles. The Balaban J connectivity index is 1.20. The van der Waals surface area contributed by atoms with E-state index in [0.29, 0.717) is 34.7 Å².